The number of hydrogen-bond donors (Lipinski definition) is 0. The van der Waals surface area contributed by atoms with Crippen LogP contribution in [0.25, 0.3) is 0 Å². The van der Waals surface area contributed by atoms with Crippen molar-refractivity contribution in [3.63, 3.8) is 0 Å². The highest BCUT2D eigenvalue weighted by molar-refractivity contribution is 9.10. The smallest absolute Gasteiger partial charge is 0.270 e. The largest absolute Gasteiger partial charge is 0.310 e. The fourth-order valence-electron chi connectivity index (χ4n) is 1.73. The van der Waals surface area contributed by atoms with Crippen molar-refractivity contribution in [1.82, 2.24) is 0 Å². The van der Waals surface area contributed by atoms with Crippen LogP contribution in [0.5, 0.6) is 0 Å². The minimum absolute atomic E-state index is 0.0188. The van der Waals surface area contributed by atoms with Crippen LogP contribution in [0.3, 0.4) is 0 Å². The van der Waals surface area contributed by atoms with Gasteiger partial charge in [0.15, 0.2) is 0 Å². The molecule has 7 heteroatoms. The highest BCUT2D eigenvalue weighted by Gasteiger charge is 2.30. The molecule has 0 radical (unpaired) electrons. The Morgan fingerprint density at radius 1 is 1.53 bits per heavy atom. The normalized spacial score (nSPS) is 19.8. The van der Waals surface area contributed by atoms with E-state index in [1.165, 1.54) is 17.0 Å². The molecule has 1 amide bonds. The summed E-state index contributed by atoms with van der Waals surface area (Å²) < 4.78 is 0.519. The Hall–Kier alpha value is -1.14. The van der Waals surface area contributed by atoms with Crippen molar-refractivity contribution in [1.29, 1.82) is 0 Å². The average molecular weight is 320 g/mol. The van der Waals surface area contributed by atoms with Crippen molar-refractivity contribution >= 4 is 44.8 Å². The van der Waals surface area contributed by atoms with Gasteiger partial charge in [0.1, 0.15) is 0 Å². The number of non-ortho nitro benzene ring substituents is 1. The molecular formula is C10H8BrClN2O3. The number of nitro groups is 1. The van der Waals surface area contributed by atoms with Gasteiger partial charge in [0.25, 0.3) is 5.69 Å². The predicted octanol–water partition coefficient (Wildman–Crippen LogP) is 2.70. The summed E-state index contributed by atoms with van der Waals surface area (Å²) in [6, 6.07) is 4.30. The number of halogens is 2. The maximum absolute atomic E-state index is 11.6. The Morgan fingerprint density at radius 3 is 2.71 bits per heavy atom. The highest BCUT2D eigenvalue weighted by Crippen LogP contribution is 2.33. The SMILES string of the molecule is O=C1CC(Cl)CN1c1ccc([N+](=O)[O-])cc1Br. The van der Waals surface area contributed by atoms with Crippen LogP contribution in [-0.4, -0.2) is 22.8 Å². The third-order valence-corrected chi connectivity index (χ3v) is 3.44. The molecule has 1 unspecified atom stereocenters. The number of benzene rings is 1. The lowest BCUT2D eigenvalue weighted by Gasteiger charge is -2.17. The van der Waals surface area contributed by atoms with Crippen molar-refractivity contribution in [2.75, 3.05) is 11.4 Å². The van der Waals surface area contributed by atoms with Crippen LogP contribution in [-0.2, 0) is 4.79 Å². The van der Waals surface area contributed by atoms with Gasteiger partial charge in [-0.3, -0.25) is 14.9 Å². The Kier molecular flexibility index (Phi) is 3.35. The van der Waals surface area contributed by atoms with Gasteiger partial charge < -0.3 is 4.90 Å². The molecule has 90 valence electrons. The van der Waals surface area contributed by atoms with Crippen LogP contribution in [0.1, 0.15) is 6.42 Å². The number of amides is 1. The summed E-state index contributed by atoms with van der Waals surface area (Å²) in [4.78, 5) is 23.3. The van der Waals surface area contributed by atoms with Gasteiger partial charge in [-0.05, 0) is 22.0 Å². The second-order valence-corrected chi connectivity index (χ2v) is 5.17. The van der Waals surface area contributed by atoms with Gasteiger partial charge >= 0.3 is 0 Å². The van der Waals surface area contributed by atoms with Gasteiger partial charge in [0, 0.05) is 29.6 Å². The average Bonchev–Trinajstić information content (AvgIpc) is 2.57. The number of hydrogen-bond acceptors (Lipinski definition) is 3. The number of rotatable bonds is 2. The van der Waals surface area contributed by atoms with Crippen molar-refractivity contribution in [3.05, 3.63) is 32.8 Å². The minimum atomic E-state index is -0.481. The first-order valence-electron chi connectivity index (χ1n) is 4.87. The van der Waals surface area contributed by atoms with Gasteiger partial charge in [0.2, 0.25) is 5.91 Å². The summed E-state index contributed by atoms with van der Waals surface area (Å²) in [6.07, 6.45) is 0.297. The van der Waals surface area contributed by atoms with Crippen LogP contribution < -0.4 is 4.90 Å². The minimum Gasteiger partial charge on any atom is -0.310 e. The predicted molar refractivity (Wildman–Crippen MR) is 67.4 cm³/mol. The lowest BCUT2D eigenvalue weighted by molar-refractivity contribution is -0.384. The maximum Gasteiger partial charge on any atom is 0.270 e. The molecule has 0 aliphatic carbocycles. The monoisotopic (exact) mass is 318 g/mol. The van der Waals surface area contributed by atoms with E-state index in [4.69, 9.17) is 11.6 Å². The molecular weight excluding hydrogens is 311 g/mol. The van der Waals surface area contributed by atoms with Crippen molar-refractivity contribution in [2.45, 2.75) is 11.8 Å². The summed E-state index contributed by atoms with van der Waals surface area (Å²) in [7, 11) is 0. The van der Waals surface area contributed by atoms with E-state index in [0.717, 1.165) is 0 Å². The Balaban J connectivity index is 2.34. The Labute approximate surface area is 111 Å². The molecule has 0 N–H and O–H groups in total. The molecule has 1 aliphatic rings. The summed E-state index contributed by atoms with van der Waals surface area (Å²) in [5.41, 5.74) is 0.596. The van der Waals surface area contributed by atoms with E-state index in [1.807, 2.05) is 0 Å². The van der Waals surface area contributed by atoms with Crippen LogP contribution in [0, 0.1) is 10.1 Å². The molecule has 1 aromatic carbocycles. The number of anilines is 1. The van der Waals surface area contributed by atoms with Crippen LogP contribution in [0.4, 0.5) is 11.4 Å². The molecule has 2 rings (SSSR count). The quantitative estimate of drug-likeness (QED) is 0.478. The zero-order valence-corrected chi connectivity index (χ0v) is 10.9. The molecule has 0 spiro atoms. The molecule has 1 aliphatic heterocycles. The van der Waals surface area contributed by atoms with Crippen LogP contribution >= 0.6 is 27.5 Å². The van der Waals surface area contributed by atoms with Gasteiger partial charge in [-0.15, -0.1) is 11.6 Å². The van der Waals surface area contributed by atoms with Crippen molar-refractivity contribution in [2.24, 2.45) is 0 Å². The molecule has 0 bridgehead atoms. The summed E-state index contributed by atoms with van der Waals surface area (Å²) in [5.74, 6) is -0.0699. The van der Waals surface area contributed by atoms with E-state index in [-0.39, 0.29) is 17.0 Å². The molecule has 1 atom stereocenters. The molecule has 17 heavy (non-hydrogen) atoms. The van der Waals surface area contributed by atoms with Crippen LogP contribution in [0.2, 0.25) is 0 Å². The van der Waals surface area contributed by atoms with E-state index in [2.05, 4.69) is 15.9 Å². The third kappa shape index (κ3) is 2.42. The van der Waals surface area contributed by atoms with E-state index in [1.54, 1.807) is 6.07 Å². The van der Waals surface area contributed by atoms with Gasteiger partial charge in [0.05, 0.1) is 16.0 Å². The first-order chi connectivity index (χ1) is 7.99. The summed E-state index contributed by atoms with van der Waals surface area (Å²) in [5, 5.41) is 10.4. The van der Waals surface area contributed by atoms with E-state index in [9.17, 15) is 14.9 Å². The van der Waals surface area contributed by atoms with E-state index in [0.29, 0.717) is 23.1 Å². The van der Waals surface area contributed by atoms with Gasteiger partial charge in [-0.25, -0.2) is 0 Å². The van der Waals surface area contributed by atoms with E-state index < -0.39 is 4.92 Å². The summed E-state index contributed by atoms with van der Waals surface area (Å²) >= 11 is 9.13. The number of carbonyl (C=O) groups excluding carboxylic acids is 1. The van der Waals surface area contributed by atoms with Crippen LogP contribution in [0.15, 0.2) is 22.7 Å². The molecule has 1 aromatic rings. The zero-order chi connectivity index (χ0) is 12.6. The van der Waals surface area contributed by atoms with Gasteiger partial charge in [-0.1, -0.05) is 0 Å². The topological polar surface area (TPSA) is 63.5 Å². The second kappa shape index (κ2) is 4.62. The van der Waals surface area contributed by atoms with E-state index >= 15 is 0 Å². The Morgan fingerprint density at radius 2 is 2.24 bits per heavy atom. The zero-order valence-electron chi connectivity index (χ0n) is 8.60. The number of nitro benzene ring substituents is 1. The van der Waals surface area contributed by atoms with Crippen molar-refractivity contribution in [3.8, 4) is 0 Å². The lowest BCUT2D eigenvalue weighted by atomic mass is 10.2. The standard InChI is InChI=1S/C10H8BrClN2O3/c11-8-4-7(14(16)17)1-2-9(8)13-5-6(12)3-10(13)15/h1-2,4,6H,3,5H2. The van der Waals surface area contributed by atoms with Crippen molar-refractivity contribution < 1.29 is 9.72 Å². The molecule has 1 saturated heterocycles. The molecule has 0 saturated carbocycles. The lowest BCUT2D eigenvalue weighted by Crippen LogP contribution is -2.24. The fraction of sp³-hybridized carbons (Fsp3) is 0.300. The van der Waals surface area contributed by atoms with Gasteiger partial charge in [-0.2, -0.15) is 0 Å². The first-order valence-corrected chi connectivity index (χ1v) is 6.10. The molecule has 1 heterocycles. The highest BCUT2D eigenvalue weighted by atomic mass is 79.9. The first kappa shape index (κ1) is 12.3. The maximum atomic E-state index is 11.6. The third-order valence-electron chi connectivity index (χ3n) is 2.51. The fourth-order valence-corrected chi connectivity index (χ4v) is 2.58. The Bertz CT molecular complexity index is 494. The molecule has 1 fully saturated rings. The number of carbonyl (C=O) groups is 1. The second-order valence-electron chi connectivity index (χ2n) is 3.70. The number of alkyl halides is 1. The number of nitrogens with zero attached hydrogens (tertiary/aromatic N) is 2. The summed E-state index contributed by atoms with van der Waals surface area (Å²) in [6.45, 7) is 0.427. The molecule has 5 nitrogen and oxygen atoms in total. The molecule has 0 aromatic heterocycles.